The van der Waals surface area contributed by atoms with Gasteiger partial charge < -0.3 is 15.6 Å². The fourth-order valence-corrected chi connectivity index (χ4v) is 1.94. The number of nitrogens with zero attached hydrogens (tertiary/aromatic N) is 2. The van der Waals surface area contributed by atoms with E-state index in [4.69, 9.17) is 5.73 Å². The third-order valence-corrected chi connectivity index (χ3v) is 2.68. The van der Waals surface area contributed by atoms with Gasteiger partial charge >= 0.3 is 0 Å². The molecule has 0 saturated carbocycles. The van der Waals surface area contributed by atoms with Crippen LogP contribution >= 0.6 is 0 Å². The summed E-state index contributed by atoms with van der Waals surface area (Å²) >= 11 is 0. The molecule has 1 heterocycles. The molecule has 0 bridgehead atoms. The Morgan fingerprint density at radius 1 is 1.56 bits per heavy atom. The van der Waals surface area contributed by atoms with Crippen LogP contribution in [0.1, 0.15) is 39.4 Å². The van der Waals surface area contributed by atoms with E-state index in [0.29, 0.717) is 13.0 Å². The van der Waals surface area contributed by atoms with Crippen molar-refractivity contribution in [2.24, 2.45) is 11.1 Å². The lowest BCUT2D eigenvalue weighted by Gasteiger charge is -2.24. The summed E-state index contributed by atoms with van der Waals surface area (Å²) in [7, 11) is 1.77. The van der Waals surface area contributed by atoms with Crippen LogP contribution in [0.2, 0.25) is 0 Å². The Morgan fingerprint density at radius 2 is 2.22 bits per heavy atom. The van der Waals surface area contributed by atoms with E-state index < -0.39 is 0 Å². The molecule has 1 unspecified atom stereocenters. The number of hydrogen-bond donors (Lipinski definition) is 2. The van der Waals surface area contributed by atoms with Crippen LogP contribution in [0.15, 0.2) is 12.4 Å². The first-order valence-corrected chi connectivity index (χ1v) is 6.26. The summed E-state index contributed by atoms with van der Waals surface area (Å²) < 4.78 is 0. The summed E-state index contributed by atoms with van der Waals surface area (Å²) in [6.45, 7) is 6.88. The molecular weight excluding hydrogens is 228 g/mol. The number of imidazole rings is 1. The van der Waals surface area contributed by atoms with Crippen LogP contribution in [-0.2, 0) is 11.3 Å². The highest BCUT2D eigenvalue weighted by Crippen LogP contribution is 2.21. The molecule has 1 aromatic rings. The summed E-state index contributed by atoms with van der Waals surface area (Å²) in [4.78, 5) is 20.7. The molecule has 0 aliphatic rings. The molecule has 0 radical (unpaired) electrons. The lowest BCUT2D eigenvalue weighted by atomic mass is 9.87. The Kier molecular flexibility index (Phi) is 4.90. The molecule has 0 aliphatic carbocycles. The Labute approximate surface area is 109 Å². The van der Waals surface area contributed by atoms with E-state index in [1.165, 1.54) is 0 Å². The van der Waals surface area contributed by atoms with E-state index in [0.717, 1.165) is 12.2 Å². The summed E-state index contributed by atoms with van der Waals surface area (Å²) in [6.07, 6.45) is 4.65. The molecule has 0 fully saturated rings. The van der Waals surface area contributed by atoms with Crippen LogP contribution in [0, 0.1) is 5.41 Å². The third kappa shape index (κ3) is 5.31. The number of hydrogen-bond acceptors (Lipinski definition) is 3. The molecule has 102 valence electrons. The summed E-state index contributed by atoms with van der Waals surface area (Å²) in [5, 5.41) is 0. The molecule has 1 rings (SSSR count). The Bertz CT molecular complexity index is 367. The van der Waals surface area contributed by atoms with Crippen molar-refractivity contribution in [2.75, 3.05) is 7.05 Å². The summed E-state index contributed by atoms with van der Waals surface area (Å²) in [5.74, 6) is 0.846. The molecule has 18 heavy (non-hydrogen) atoms. The van der Waals surface area contributed by atoms with Crippen LogP contribution < -0.4 is 5.73 Å². The van der Waals surface area contributed by atoms with E-state index >= 15 is 0 Å². The second-order valence-electron chi connectivity index (χ2n) is 6.01. The van der Waals surface area contributed by atoms with Crippen molar-refractivity contribution in [1.82, 2.24) is 14.9 Å². The maximum Gasteiger partial charge on any atom is 0.224 e. The Balaban J connectivity index is 2.40. The maximum absolute atomic E-state index is 12.0. The van der Waals surface area contributed by atoms with E-state index in [1.54, 1.807) is 24.3 Å². The normalized spacial score (nSPS) is 13.4. The smallest absolute Gasteiger partial charge is 0.224 e. The van der Waals surface area contributed by atoms with Crippen LogP contribution in [-0.4, -0.2) is 33.9 Å². The SMILES string of the molecule is CN(Cc1ncc[nH]1)C(=O)CC(N)CC(C)(C)C. The van der Waals surface area contributed by atoms with Crippen molar-refractivity contribution in [2.45, 2.75) is 46.2 Å². The van der Waals surface area contributed by atoms with Crippen LogP contribution in [0.4, 0.5) is 0 Å². The predicted octanol–water partition coefficient (Wildman–Crippen LogP) is 1.52. The van der Waals surface area contributed by atoms with Crippen molar-refractivity contribution in [3.05, 3.63) is 18.2 Å². The van der Waals surface area contributed by atoms with Crippen LogP contribution in [0.3, 0.4) is 0 Å². The zero-order chi connectivity index (χ0) is 13.8. The van der Waals surface area contributed by atoms with Crippen molar-refractivity contribution in [3.63, 3.8) is 0 Å². The molecule has 1 amide bonds. The topological polar surface area (TPSA) is 75.0 Å². The predicted molar refractivity (Wildman–Crippen MR) is 71.7 cm³/mol. The molecule has 0 aromatic carbocycles. The molecule has 0 saturated heterocycles. The average molecular weight is 252 g/mol. The van der Waals surface area contributed by atoms with Gasteiger partial charge in [0.2, 0.25) is 5.91 Å². The minimum atomic E-state index is -0.0865. The van der Waals surface area contributed by atoms with Crippen molar-refractivity contribution in [1.29, 1.82) is 0 Å². The van der Waals surface area contributed by atoms with Gasteiger partial charge in [-0.3, -0.25) is 4.79 Å². The molecule has 3 N–H and O–H groups in total. The molecule has 1 aromatic heterocycles. The van der Waals surface area contributed by atoms with E-state index in [9.17, 15) is 4.79 Å². The number of amides is 1. The van der Waals surface area contributed by atoms with E-state index in [2.05, 4.69) is 30.7 Å². The third-order valence-electron chi connectivity index (χ3n) is 2.68. The number of rotatable bonds is 5. The minimum Gasteiger partial charge on any atom is -0.347 e. The van der Waals surface area contributed by atoms with Gasteiger partial charge in [0, 0.05) is 31.9 Å². The van der Waals surface area contributed by atoms with E-state index in [-0.39, 0.29) is 17.4 Å². The first-order valence-electron chi connectivity index (χ1n) is 6.26. The molecule has 5 nitrogen and oxygen atoms in total. The number of carbonyl (C=O) groups is 1. The Morgan fingerprint density at radius 3 is 2.72 bits per heavy atom. The fourth-order valence-electron chi connectivity index (χ4n) is 1.94. The summed E-state index contributed by atoms with van der Waals surface area (Å²) in [6, 6.07) is -0.0865. The van der Waals surface area contributed by atoms with Crippen molar-refractivity contribution >= 4 is 5.91 Å². The maximum atomic E-state index is 12.0. The van der Waals surface area contributed by atoms with Gasteiger partial charge in [0.1, 0.15) is 5.82 Å². The van der Waals surface area contributed by atoms with Gasteiger partial charge in [0.15, 0.2) is 0 Å². The van der Waals surface area contributed by atoms with Crippen LogP contribution in [0.5, 0.6) is 0 Å². The standard InChI is InChI=1S/C13H24N4O/c1-13(2,3)8-10(14)7-12(18)17(4)9-11-15-5-6-16-11/h5-6,10H,7-9,14H2,1-4H3,(H,15,16). The number of aromatic nitrogens is 2. The lowest BCUT2D eigenvalue weighted by molar-refractivity contribution is -0.131. The highest BCUT2D eigenvalue weighted by Gasteiger charge is 2.20. The lowest BCUT2D eigenvalue weighted by Crippen LogP contribution is -2.35. The summed E-state index contributed by atoms with van der Waals surface area (Å²) in [5.41, 5.74) is 6.15. The fraction of sp³-hybridized carbons (Fsp3) is 0.692. The van der Waals surface area contributed by atoms with Gasteiger partial charge in [0.25, 0.3) is 0 Å². The monoisotopic (exact) mass is 252 g/mol. The number of H-pyrrole nitrogens is 1. The van der Waals surface area contributed by atoms with Gasteiger partial charge in [-0.1, -0.05) is 20.8 Å². The largest absolute Gasteiger partial charge is 0.347 e. The van der Waals surface area contributed by atoms with Gasteiger partial charge in [-0.05, 0) is 11.8 Å². The molecule has 5 heteroatoms. The molecule has 0 spiro atoms. The van der Waals surface area contributed by atoms with Gasteiger partial charge in [-0.15, -0.1) is 0 Å². The van der Waals surface area contributed by atoms with Crippen LogP contribution in [0.25, 0.3) is 0 Å². The van der Waals surface area contributed by atoms with Gasteiger partial charge in [-0.2, -0.15) is 0 Å². The zero-order valence-corrected chi connectivity index (χ0v) is 11.7. The van der Waals surface area contributed by atoms with E-state index in [1.807, 2.05) is 0 Å². The number of carbonyl (C=O) groups excluding carboxylic acids is 1. The minimum absolute atomic E-state index is 0.0585. The number of aromatic amines is 1. The highest BCUT2D eigenvalue weighted by molar-refractivity contribution is 5.76. The second kappa shape index (κ2) is 6.00. The second-order valence-corrected chi connectivity index (χ2v) is 6.01. The van der Waals surface area contributed by atoms with Gasteiger partial charge in [-0.25, -0.2) is 4.98 Å². The van der Waals surface area contributed by atoms with Crippen molar-refractivity contribution in [3.8, 4) is 0 Å². The first kappa shape index (κ1) is 14.7. The van der Waals surface area contributed by atoms with Crippen molar-refractivity contribution < 1.29 is 4.79 Å². The van der Waals surface area contributed by atoms with Gasteiger partial charge in [0.05, 0.1) is 6.54 Å². The zero-order valence-electron chi connectivity index (χ0n) is 11.7. The number of nitrogens with two attached hydrogens (primary N) is 1. The molecular formula is C13H24N4O. The molecule has 0 aliphatic heterocycles. The number of nitrogens with one attached hydrogen (secondary N) is 1. The highest BCUT2D eigenvalue weighted by atomic mass is 16.2. The Hall–Kier alpha value is -1.36. The quantitative estimate of drug-likeness (QED) is 0.834. The first-order chi connectivity index (χ1) is 8.28. The average Bonchev–Trinajstić information content (AvgIpc) is 2.66. The molecule has 1 atom stereocenters.